The third kappa shape index (κ3) is 3.74. The van der Waals surface area contributed by atoms with Gasteiger partial charge < -0.3 is 9.64 Å². The van der Waals surface area contributed by atoms with Crippen molar-refractivity contribution in [1.29, 1.82) is 0 Å². The van der Waals surface area contributed by atoms with Crippen molar-refractivity contribution in [3.8, 4) is 5.75 Å². The first-order valence-corrected chi connectivity index (χ1v) is 8.08. The molecule has 0 aromatic heterocycles. The zero-order valence-corrected chi connectivity index (χ0v) is 14.0. The lowest BCUT2D eigenvalue weighted by atomic mass is 10.1. The zero-order valence-electron chi connectivity index (χ0n) is 14.0. The van der Waals surface area contributed by atoms with E-state index in [0.29, 0.717) is 12.3 Å². The van der Waals surface area contributed by atoms with Crippen LogP contribution in [0.15, 0.2) is 72.8 Å². The maximum Gasteiger partial charge on any atom is 0.263 e. The van der Waals surface area contributed by atoms with Crippen LogP contribution in [0.4, 0.5) is 0 Å². The fraction of sp³-hybridized carbons (Fsp3) is 0.190. The fourth-order valence-corrected chi connectivity index (χ4v) is 2.74. The third-order valence-corrected chi connectivity index (χ3v) is 4.02. The topological polar surface area (TPSA) is 29.5 Å². The molecule has 3 rings (SSSR count). The lowest BCUT2D eigenvalue weighted by Gasteiger charge is -2.22. The normalized spacial score (nSPS) is 11.9. The van der Waals surface area contributed by atoms with Gasteiger partial charge in [-0.25, -0.2) is 0 Å². The first kappa shape index (κ1) is 16.1. The van der Waals surface area contributed by atoms with E-state index in [1.807, 2.05) is 66.7 Å². The zero-order chi connectivity index (χ0) is 16.9. The smallest absolute Gasteiger partial charge is 0.263 e. The summed E-state index contributed by atoms with van der Waals surface area (Å²) in [5.74, 6) is 0.676. The molecule has 0 spiro atoms. The molecule has 0 aliphatic heterocycles. The maximum atomic E-state index is 12.5. The van der Waals surface area contributed by atoms with Gasteiger partial charge in [-0.2, -0.15) is 0 Å². The fourth-order valence-electron chi connectivity index (χ4n) is 2.74. The van der Waals surface area contributed by atoms with Crippen molar-refractivity contribution in [3.05, 3.63) is 78.4 Å². The lowest BCUT2D eigenvalue weighted by Crippen LogP contribution is -2.37. The molecular formula is C21H21NO2. The highest BCUT2D eigenvalue weighted by molar-refractivity contribution is 5.84. The van der Waals surface area contributed by atoms with Gasteiger partial charge in [-0.05, 0) is 35.4 Å². The number of nitrogens with zero attached hydrogens (tertiary/aromatic N) is 1. The number of rotatable bonds is 5. The summed E-state index contributed by atoms with van der Waals surface area (Å²) in [5.41, 5.74) is 1.10. The van der Waals surface area contributed by atoms with Gasteiger partial charge in [0, 0.05) is 13.6 Å². The number of carbonyl (C=O) groups excluding carboxylic acids is 1. The molecule has 0 N–H and O–H groups in total. The number of amides is 1. The van der Waals surface area contributed by atoms with Crippen LogP contribution in [0.25, 0.3) is 10.8 Å². The number of ether oxygens (including phenoxy) is 1. The molecule has 0 saturated heterocycles. The number of likely N-dealkylation sites (N-methyl/N-ethyl adjacent to an activating group) is 1. The van der Waals surface area contributed by atoms with E-state index >= 15 is 0 Å². The summed E-state index contributed by atoms with van der Waals surface area (Å²) in [6, 6.07) is 23.9. The molecule has 3 heteroatoms. The van der Waals surface area contributed by atoms with E-state index in [1.165, 1.54) is 0 Å². The van der Waals surface area contributed by atoms with Crippen molar-refractivity contribution in [2.75, 3.05) is 7.05 Å². The number of hydrogen-bond donors (Lipinski definition) is 0. The summed E-state index contributed by atoms with van der Waals surface area (Å²) >= 11 is 0. The largest absolute Gasteiger partial charge is 0.481 e. The van der Waals surface area contributed by atoms with Gasteiger partial charge in [0.2, 0.25) is 0 Å². The van der Waals surface area contributed by atoms with Crippen LogP contribution < -0.4 is 4.74 Å². The molecule has 24 heavy (non-hydrogen) atoms. The van der Waals surface area contributed by atoms with Crippen LogP contribution in [0.5, 0.6) is 5.75 Å². The Morgan fingerprint density at radius 3 is 2.38 bits per heavy atom. The molecule has 0 aliphatic rings. The van der Waals surface area contributed by atoms with Gasteiger partial charge in [-0.15, -0.1) is 0 Å². The van der Waals surface area contributed by atoms with E-state index in [1.54, 1.807) is 18.9 Å². The molecule has 3 aromatic carbocycles. The van der Waals surface area contributed by atoms with Gasteiger partial charge >= 0.3 is 0 Å². The van der Waals surface area contributed by atoms with Crippen LogP contribution in [0, 0.1) is 0 Å². The van der Waals surface area contributed by atoms with Crippen LogP contribution in [0.3, 0.4) is 0 Å². The number of carbonyl (C=O) groups is 1. The summed E-state index contributed by atoms with van der Waals surface area (Å²) in [6.07, 6.45) is -0.528. The molecule has 3 aromatic rings. The molecule has 0 bridgehead atoms. The first-order valence-electron chi connectivity index (χ1n) is 8.08. The Morgan fingerprint density at radius 2 is 1.62 bits per heavy atom. The van der Waals surface area contributed by atoms with Gasteiger partial charge in [0.25, 0.3) is 5.91 Å². The predicted molar refractivity (Wildman–Crippen MR) is 97.0 cm³/mol. The van der Waals surface area contributed by atoms with Crippen molar-refractivity contribution in [2.24, 2.45) is 0 Å². The van der Waals surface area contributed by atoms with Crippen LogP contribution >= 0.6 is 0 Å². The second-order valence-electron chi connectivity index (χ2n) is 5.95. The molecular weight excluding hydrogens is 298 g/mol. The second-order valence-corrected chi connectivity index (χ2v) is 5.95. The second kappa shape index (κ2) is 7.18. The average Bonchev–Trinajstić information content (AvgIpc) is 2.61. The SMILES string of the molecule is C[C@H](Oc1ccc2ccccc2c1)C(=O)N(C)Cc1ccccc1. The predicted octanol–water partition coefficient (Wildman–Crippen LogP) is 4.27. The minimum atomic E-state index is -0.528. The van der Waals surface area contributed by atoms with Crippen molar-refractivity contribution in [3.63, 3.8) is 0 Å². The first-order chi connectivity index (χ1) is 11.6. The Balaban J connectivity index is 1.66. The number of benzene rings is 3. The van der Waals surface area contributed by atoms with Crippen LogP contribution in [0.1, 0.15) is 12.5 Å². The molecule has 3 nitrogen and oxygen atoms in total. The van der Waals surface area contributed by atoms with Gasteiger partial charge in [0.05, 0.1) is 0 Å². The van der Waals surface area contributed by atoms with Crippen LogP contribution in [0.2, 0.25) is 0 Å². The van der Waals surface area contributed by atoms with E-state index in [9.17, 15) is 4.79 Å². The highest BCUT2D eigenvalue weighted by Crippen LogP contribution is 2.21. The molecule has 0 radical (unpaired) electrons. The van der Waals surface area contributed by atoms with Crippen molar-refractivity contribution in [1.82, 2.24) is 4.90 Å². The molecule has 0 aliphatic carbocycles. The molecule has 0 unspecified atom stereocenters. The minimum Gasteiger partial charge on any atom is -0.481 e. The van der Waals surface area contributed by atoms with E-state index in [0.717, 1.165) is 16.3 Å². The summed E-state index contributed by atoms with van der Waals surface area (Å²) in [4.78, 5) is 14.2. The molecule has 122 valence electrons. The Hall–Kier alpha value is -2.81. The van der Waals surface area contributed by atoms with E-state index in [4.69, 9.17) is 4.74 Å². The quantitative estimate of drug-likeness (QED) is 0.703. The minimum absolute atomic E-state index is 0.0352. The molecule has 0 fully saturated rings. The van der Waals surface area contributed by atoms with Gasteiger partial charge in [0.1, 0.15) is 5.75 Å². The summed E-state index contributed by atoms with van der Waals surface area (Å²) in [6.45, 7) is 2.37. The summed E-state index contributed by atoms with van der Waals surface area (Å²) in [5, 5.41) is 2.26. The molecule has 1 atom stereocenters. The van der Waals surface area contributed by atoms with Crippen molar-refractivity contribution < 1.29 is 9.53 Å². The van der Waals surface area contributed by atoms with Crippen LogP contribution in [-0.4, -0.2) is 24.0 Å². The molecule has 0 heterocycles. The van der Waals surface area contributed by atoms with Gasteiger partial charge in [0.15, 0.2) is 6.10 Å². The summed E-state index contributed by atoms with van der Waals surface area (Å²) in [7, 11) is 1.80. The molecule has 0 saturated carbocycles. The average molecular weight is 319 g/mol. The van der Waals surface area contributed by atoms with Crippen molar-refractivity contribution in [2.45, 2.75) is 19.6 Å². The van der Waals surface area contributed by atoms with E-state index < -0.39 is 6.10 Å². The molecule has 1 amide bonds. The van der Waals surface area contributed by atoms with E-state index in [-0.39, 0.29) is 5.91 Å². The number of hydrogen-bond acceptors (Lipinski definition) is 2. The van der Waals surface area contributed by atoms with Crippen LogP contribution in [-0.2, 0) is 11.3 Å². The summed E-state index contributed by atoms with van der Waals surface area (Å²) < 4.78 is 5.85. The van der Waals surface area contributed by atoms with E-state index in [2.05, 4.69) is 6.07 Å². The monoisotopic (exact) mass is 319 g/mol. The maximum absolute atomic E-state index is 12.5. The third-order valence-electron chi connectivity index (χ3n) is 4.02. The standard InChI is InChI=1S/C21H21NO2/c1-16(21(23)22(2)15-17-8-4-3-5-9-17)24-20-13-12-18-10-6-7-11-19(18)14-20/h3-14,16H,15H2,1-2H3/t16-/m0/s1. The van der Waals surface area contributed by atoms with Gasteiger partial charge in [-0.1, -0.05) is 60.7 Å². The Bertz CT molecular complexity index is 829. The lowest BCUT2D eigenvalue weighted by molar-refractivity contribution is -0.137. The highest BCUT2D eigenvalue weighted by atomic mass is 16.5. The Labute approximate surface area is 142 Å². The Kier molecular flexibility index (Phi) is 4.80. The van der Waals surface area contributed by atoms with Gasteiger partial charge in [-0.3, -0.25) is 4.79 Å². The Morgan fingerprint density at radius 1 is 0.958 bits per heavy atom. The number of fused-ring (bicyclic) bond motifs is 1. The van der Waals surface area contributed by atoms with Crippen molar-refractivity contribution >= 4 is 16.7 Å². The highest BCUT2D eigenvalue weighted by Gasteiger charge is 2.19.